The van der Waals surface area contributed by atoms with Crippen molar-refractivity contribution >= 4 is 17.5 Å². The first-order valence-electron chi connectivity index (χ1n) is 6.73. The van der Waals surface area contributed by atoms with E-state index in [0.717, 1.165) is 11.3 Å². The molecular formula is C16H18ClNO2. The average molecular weight is 292 g/mol. The van der Waals surface area contributed by atoms with Crippen LogP contribution in [0.2, 0.25) is 5.02 Å². The lowest BCUT2D eigenvalue weighted by atomic mass is 10.2. The first-order valence-corrected chi connectivity index (χ1v) is 7.11. The molecule has 20 heavy (non-hydrogen) atoms. The minimum Gasteiger partial charge on any atom is -0.469 e. The van der Waals surface area contributed by atoms with Gasteiger partial charge in [-0.1, -0.05) is 23.7 Å². The number of furan rings is 1. The van der Waals surface area contributed by atoms with Crippen LogP contribution in [0.1, 0.15) is 24.7 Å². The molecule has 0 unspecified atom stereocenters. The van der Waals surface area contributed by atoms with E-state index in [2.05, 4.69) is 0 Å². The van der Waals surface area contributed by atoms with Crippen molar-refractivity contribution in [1.82, 2.24) is 4.90 Å². The fraction of sp³-hybridized carbons (Fsp3) is 0.312. The Bertz CT molecular complexity index is 551. The van der Waals surface area contributed by atoms with Crippen LogP contribution in [0.15, 0.2) is 47.1 Å². The molecule has 2 rings (SSSR count). The van der Waals surface area contributed by atoms with Gasteiger partial charge in [-0.2, -0.15) is 0 Å². The zero-order valence-electron chi connectivity index (χ0n) is 11.5. The Labute approximate surface area is 124 Å². The zero-order valence-corrected chi connectivity index (χ0v) is 12.3. The van der Waals surface area contributed by atoms with Crippen molar-refractivity contribution in [2.24, 2.45) is 0 Å². The Hall–Kier alpha value is -1.74. The molecule has 0 aliphatic rings. The summed E-state index contributed by atoms with van der Waals surface area (Å²) in [7, 11) is 0. The van der Waals surface area contributed by atoms with Crippen molar-refractivity contribution in [2.45, 2.75) is 26.3 Å². The Morgan fingerprint density at radius 2 is 2.15 bits per heavy atom. The summed E-state index contributed by atoms with van der Waals surface area (Å²) in [5.74, 6) is 0.973. The minimum absolute atomic E-state index is 0.129. The number of carbonyl (C=O) groups excluding carboxylic acids is 1. The number of rotatable bonds is 6. The molecule has 0 N–H and O–H groups in total. The lowest BCUT2D eigenvalue weighted by Crippen LogP contribution is -2.30. The number of amides is 1. The van der Waals surface area contributed by atoms with Crippen molar-refractivity contribution in [2.75, 3.05) is 6.54 Å². The molecule has 1 amide bonds. The van der Waals surface area contributed by atoms with Gasteiger partial charge in [-0.3, -0.25) is 4.79 Å². The fourth-order valence-corrected chi connectivity index (χ4v) is 2.29. The molecule has 1 aromatic carbocycles. The van der Waals surface area contributed by atoms with Gasteiger partial charge in [-0.05, 0) is 36.8 Å². The van der Waals surface area contributed by atoms with Crippen LogP contribution in [0.25, 0.3) is 0 Å². The number of aryl methyl sites for hydroxylation is 1. The predicted molar refractivity (Wildman–Crippen MR) is 79.6 cm³/mol. The summed E-state index contributed by atoms with van der Waals surface area (Å²) in [5.41, 5.74) is 1.05. The number of carbonyl (C=O) groups is 1. The van der Waals surface area contributed by atoms with Crippen molar-refractivity contribution in [1.29, 1.82) is 0 Å². The van der Waals surface area contributed by atoms with Crippen molar-refractivity contribution in [3.8, 4) is 0 Å². The van der Waals surface area contributed by atoms with E-state index in [1.165, 1.54) is 0 Å². The predicted octanol–water partition coefficient (Wildman–Crippen LogP) is 3.91. The van der Waals surface area contributed by atoms with Gasteiger partial charge < -0.3 is 9.32 Å². The van der Waals surface area contributed by atoms with Gasteiger partial charge in [-0.15, -0.1) is 0 Å². The van der Waals surface area contributed by atoms with Gasteiger partial charge in [0, 0.05) is 31.0 Å². The summed E-state index contributed by atoms with van der Waals surface area (Å²) in [6, 6.07) is 11.3. The highest BCUT2D eigenvalue weighted by molar-refractivity contribution is 6.30. The Kier molecular flexibility index (Phi) is 5.24. The van der Waals surface area contributed by atoms with Crippen molar-refractivity contribution in [3.05, 3.63) is 59.0 Å². The summed E-state index contributed by atoms with van der Waals surface area (Å²) < 4.78 is 5.24. The molecule has 0 bridgehead atoms. The molecule has 0 radical (unpaired) electrons. The van der Waals surface area contributed by atoms with Crippen LogP contribution >= 0.6 is 11.6 Å². The second-order valence-electron chi connectivity index (χ2n) is 4.62. The molecule has 3 nitrogen and oxygen atoms in total. The summed E-state index contributed by atoms with van der Waals surface area (Å²) in [4.78, 5) is 14.0. The molecule has 0 saturated carbocycles. The SMILES string of the molecule is CCN(Cc1cccc(Cl)c1)C(=O)CCc1ccco1. The van der Waals surface area contributed by atoms with Crippen LogP contribution in [0.5, 0.6) is 0 Å². The highest BCUT2D eigenvalue weighted by Gasteiger charge is 2.13. The van der Waals surface area contributed by atoms with Crippen LogP contribution in [0.3, 0.4) is 0 Å². The third-order valence-electron chi connectivity index (χ3n) is 3.16. The second kappa shape index (κ2) is 7.15. The lowest BCUT2D eigenvalue weighted by molar-refractivity contribution is -0.131. The maximum Gasteiger partial charge on any atom is 0.223 e. The van der Waals surface area contributed by atoms with E-state index < -0.39 is 0 Å². The molecule has 0 fully saturated rings. The molecular weight excluding hydrogens is 274 g/mol. The van der Waals surface area contributed by atoms with Crippen LogP contribution in [0.4, 0.5) is 0 Å². The molecule has 1 aromatic heterocycles. The van der Waals surface area contributed by atoms with Gasteiger partial charge in [0.1, 0.15) is 5.76 Å². The van der Waals surface area contributed by atoms with Gasteiger partial charge in [0.2, 0.25) is 5.91 Å². The monoisotopic (exact) mass is 291 g/mol. The summed E-state index contributed by atoms with van der Waals surface area (Å²) in [6.45, 7) is 3.26. The Morgan fingerprint density at radius 3 is 2.80 bits per heavy atom. The van der Waals surface area contributed by atoms with Gasteiger partial charge in [0.05, 0.1) is 6.26 Å². The molecule has 0 aliphatic heterocycles. The first kappa shape index (κ1) is 14.7. The van der Waals surface area contributed by atoms with E-state index in [1.807, 2.05) is 48.2 Å². The number of benzene rings is 1. The Balaban J connectivity index is 1.92. The maximum absolute atomic E-state index is 12.2. The largest absolute Gasteiger partial charge is 0.469 e. The number of halogens is 1. The molecule has 0 saturated heterocycles. The second-order valence-corrected chi connectivity index (χ2v) is 5.05. The minimum atomic E-state index is 0.129. The Morgan fingerprint density at radius 1 is 1.30 bits per heavy atom. The van der Waals surface area contributed by atoms with Crippen LogP contribution in [-0.4, -0.2) is 17.4 Å². The van der Waals surface area contributed by atoms with Gasteiger partial charge in [0.15, 0.2) is 0 Å². The molecule has 2 aromatic rings. The molecule has 0 aliphatic carbocycles. The first-order chi connectivity index (χ1) is 9.69. The van der Waals surface area contributed by atoms with Crippen LogP contribution in [0, 0.1) is 0 Å². The third kappa shape index (κ3) is 4.14. The fourth-order valence-electron chi connectivity index (χ4n) is 2.08. The molecule has 4 heteroatoms. The number of nitrogens with zero attached hydrogens (tertiary/aromatic N) is 1. The van der Waals surface area contributed by atoms with E-state index in [0.29, 0.717) is 31.0 Å². The lowest BCUT2D eigenvalue weighted by Gasteiger charge is -2.21. The number of hydrogen-bond donors (Lipinski definition) is 0. The standard InChI is InChI=1S/C16H18ClNO2/c1-2-18(12-13-5-3-6-14(17)11-13)16(19)9-8-15-7-4-10-20-15/h3-7,10-11H,2,8-9,12H2,1H3. The van der Waals surface area contributed by atoms with Crippen LogP contribution < -0.4 is 0 Å². The van der Waals surface area contributed by atoms with Crippen molar-refractivity contribution < 1.29 is 9.21 Å². The van der Waals surface area contributed by atoms with Gasteiger partial charge >= 0.3 is 0 Å². The van der Waals surface area contributed by atoms with E-state index in [1.54, 1.807) is 6.26 Å². The maximum atomic E-state index is 12.2. The summed E-state index contributed by atoms with van der Waals surface area (Å²) in [6.07, 6.45) is 2.73. The summed E-state index contributed by atoms with van der Waals surface area (Å²) >= 11 is 5.96. The molecule has 106 valence electrons. The molecule has 0 atom stereocenters. The highest BCUT2D eigenvalue weighted by Crippen LogP contribution is 2.14. The average Bonchev–Trinajstić information content (AvgIpc) is 2.95. The normalized spacial score (nSPS) is 10.5. The van der Waals surface area contributed by atoms with Crippen molar-refractivity contribution in [3.63, 3.8) is 0 Å². The third-order valence-corrected chi connectivity index (χ3v) is 3.40. The van der Waals surface area contributed by atoms with E-state index >= 15 is 0 Å². The highest BCUT2D eigenvalue weighted by atomic mass is 35.5. The quantitative estimate of drug-likeness (QED) is 0.808. The van der Waals surface area contributed by atoms with Crippen LogP contribution in [-0.2, 0) is 17.8 Å². The van der Waals surface area contributed by atoms with Gasteiger partial charge in [-0.25, -0.2) is 0 Å². The smallest absolute Gasteiger partial charge is 0.223 e. The van der Waals surface area contributed by atoms with E-state index in [9.17, 15) is 4.79 Å². The topological polar surface area (TPSA) is 33.5 Å². The zero-order chi connectivity index (χ0) is 14.4. The number of hydrogen-bond acceptors (Lipinski definition) is 2. The van der Waals surface area contributed by atoms with Gasteiger partial charge in [0.25, 0.3) is 0 Å². The van der Waals surface area contributed by atoms with E-state index in [-0.39, 0.29) is 5.91 Å². The summed E-state index contributed by atoms with van der Waals surface area (Å²) in [5, 5.41) is 0.696. The molecule has 1 heterocycles. The van der Waals surface area contributed by atoms with E-state index in [4.69, 9.17) is 16.0 Å². The molecule has 0 spiro atoms.